The number of rotatable bonds is 0. The molecule has 4 atom stereocenters. The van der Waals surface area contributed by atoms with Crippen LogP contribution >= 0.6 is 0 Å². The molecule has 3 aliphatic carbocycles. The Balaban J connectivity index is 1.86. The van der Waals surface area contributed by atoms with Crippen molar-refractivity contribution in [2.24, 2.45) is 29.1 Å². The highest BCUT2D eigenvalue weighted by atomic mass is 16.1. The topological polar surface area (TPSA) is 17.1 Å². The van der Waals surface area contributed by atoms with Gasteiger partial charge in [-0.2, -0.15) is 0 Å². The minimum absolute atomic E-state index is 0.488. The zero-order valence-corrected chi connectivity index (χ0v) is 9.25. The lowest BCUT2D eigenvalue weighted by Gasteiger charge is -2.21. The Labute approximate surface area is 86.3 Å². The van der Waals surface area contributed by atoms with Gasteiger partial charge in [-0.05, 0) is 48.9 Å². The largest absolute Gasteiger partial charge is 0.299 e. The van der Waals surface area contributed by atoms with Gasteiger partial charge in [-0.1, -0.05) is 13.8 Å². The van der Waals surface area contributed by atoms with Gasteiger partial charge < -0.3 is 0 Å². The van der Waals surface area contributed by atoms with Crippen molar-refractivity contribution in [1.82, 2.24) is 0 Å². The van der Waals surface area contributed by atoms with Crippen molar-refractivity contribution in [2.45, 2.75) is 46.0 Å². The summed E-state index contributed by atoms with van der Waals surface area (Å²) in [5.74, 6) is 3.53. The molecule has 0 spiro atoms. The first kappa shape index (κ1) is 8.94. The molecule has 1 heteroatoms. The lowest BCUT2D eigenvalue weighted by atomic mass is 9.83. The van der Waals surface area contributed by atoms with Crippen LogP contribution in [0.15, 0.2) is 0 Å². The quantitative estimate of drug-likeness (QED) is 0.576. The van der Waals surface area contributed by atoms with Crippen molar-refractivity contribution in [3.63, 3.8) is 0 Å². The van der Waals surface area contributed by atoms with Crippen LogP contribution in [0.3, 0.4) is 0 Å². The molecule has 0 aromatic carbocycles. The van der Waals surface area contributed by atoms with Gasteiger partial charge in [-0.25, -0.2) is 0 Å². The predicted molar refractivity (Wildman–Crippen MR) is 55.8 cm³/mol. The maximum atomic E-state index is 11.8. The van der Waals surface area contributed by atoms with Crippen molar-refractivity contribution in [1.29, 1.82) is 0 Å². The average molecular weight is 192 g/mol. The van der Waals surface area contributed by atoms with E-state index in [0.29, 0.717) is 17.1 Å². The van der Waals surface area contributed by atoms with Crippen LogP contribution in [0.4, 0.5) is 0 Å². The van der Waals surface area contributed by atoms with E-state index in [1.54, 1.807) is 0 Å². The Morgan fingerprint density at radius 3 is 2.79 bits per heavy atom. The summed E-state index contributed by atoms with van der Waals surface area (Å²) < 4.78 is 0. The molecule has 0 heterocycles. The molecule has 0 saturated heterocycles. The van der Waals surface area contributed by atoms with Crippen molar-refractivity contribution >= 4 is 5.78 Å². The number of Topliss-reactive ketones (excluding diaryl/α,β-unsaturated/α-hetero) is 1. The smallest absolute Gasteiger partial charge is 0.136 e. The lowest BCUT2D eigenvalue weighted by molar-refractivity contribution is -0.122. The molecule has 14 heavy (non-hydrogen) atoms. The van der Waals surface area contributed by atoms with E-state index in [1.165, 1.54) is 25.7 Å². The van der Waals surface area contributed by atoms with Crippen molar-refractivity contribution < 1.29 is 4.79 Å². The summed E-state index contributed by atoms with van der Waals surface area (Å²) in [5.41, 5.74) is 0.517. The van der Waals surface area contributed by atoms with Gasteiger partial charge in [-0.3, -0.25) is 4.79 Å². The fourth-order valence-corrected chi connectivity index (χ4v) is 4.61. The van der Waals surface area contributed by atoms with Gasteiger partial charge in [0.1, 0.15) is 5.78 Å². The van der Waals surface area contributed by atoms with E-state index >= 15 is 0 Å². The highest BCUT2D eigenvalue weighted by Gasteiger charge is 2.54. The third-order valence-corrected chi connectivity index (χ3v) is 4.92. The zero-order valence-electron chi connectivity index (χ0n) is 9.25. The summed E-state index contributed by atoms with van der Waals surface area (Å²) in [6.45, 7) is 4.75. The predicted octanol–water partition coefficient (Wildman–Crippen LogP) is 3.04. The molecule has 0 N–H and O–H groups in total. The highest BCUT2D eigenvalue weighted by Crippen LogP contribution is 2.60. The number of carbonyl (C=O) groups excluding carboxylic acids is 1. The Morgan fingerprint density at radius 2 is 2.00 bits per heavy atom. The first-order valence-electron chi connectivity index (χ1n) is 6.09. The maximum Gasteiger partial charge on any atom is 0.136 e. The standard InChI is InChI=1S/C13H20O/c1-13(2)6-9-5-8-3-4-11(14)12(8)10(9)7-13/h8-10,12H,3-7H2,1-2H3/t8-,9+,10-,12-/m0/s1. The third-order valence-electron chi connectivity index (χ3n) is 4.92. The van der Waals surface area contributed by atoms with Crippen LogP contribution in [0.2, 0.25) is 0 Å². The van der Waals surface area contributed by atoms with Crippen molar-refractivity contribution in [3.8, 4) is 0 Å². The molecule has 3 rings (SSSR count). The van der Waals surface area contributed by atoms with E-state index in [1.807, 2.05) is 0 Å². The third kappa shape index (κ3) is 1.11. The van der Waals surface area contributed by atoms with Gasteiger partial charge in [0, 0.05) is 12.3 Å². The van der Waals surface area contributed by atoms with Gasteiger partial charge in [-0.15, -0.1) is 0 Å². The number of fused-ring (bicyclic) bond motifs is 3. The summed E-state index contributed by atoms with van der Waals surface area (Å²) in [7, 11) is 0. The van der Waals surface area contributed by atoms with E-state index in [9.17, 15) is 4.79 Å². The monoisotopic (exact) mass is 192 g/mol. The van der Waals surface area contributed by atoms with Crippen LogP contribution in [0.1, 0.15) is 46.0 Å². The molecule has 3 fully saturated rings. The molecule has 0 amide bonds. The Hall–Kier alpha value is -0.330. The Bertz CT molecular complexity index is 279. The molecular weight excluding hydrogens is 172 g/mol. The van der Waals surface area contributed by atoms with Gasteiger partial charge in [0.05, 0.1) is 0 Å². The second-order valence-electron chi connectivity index (χ2n) is 6.52. The van der Waals surface area contributed by atoms with Gasteiger partial charge in [0.2, 0.25) is 0 Å². The Kier molecular flexibility index (Phi) is 1.67. The van der Waals surface area contributed by atoms with Crippen LogP contribution < -0.4 is 0 Å². The molecule has 0 aromatic heterocycles. The van der Waals surface area contributed by atoms with Crippen LogP contribution in [0, 0.1) is 29.1 Å². The van der Waals surface area contributed by atoms with E-state index in [-0.39, 0.29) is 0 Å². The van der Waals surface area contributed by atoms with Crippen molar-refractivity contribution in [3.05, 3.63) is 0 Å². The molecular formula is C13H20O. The van der Waals surface area contributed by atoms with E-state index < -0.39 is 0 Å². The fraction of sp³-hybridized carbons (Fsp3) is 0.923. The van der Waals surface area contributed by atoms with Crippen LogP contribution in [-0.2, 0) is 4.79 Å². The molecule has 3 saturated carbocycles. The molecule has 1 nitrogen and oxygen atoms in total. The lowest BCUT2D eigenvalue weighted by Crippen LogP contribution is -2.19. The first-order valence-corrected chi connectivity index (χ1v) is 6.09. The zero-order chi connectivity index (χ0) is 9.92. The van der Waals surface area contributed by atoms with E-state index in [4.69, 9.17) is 0 Å². The number of carbonyl (C=O) groups is 1. The molecule has 0 aromatic rings. The second kappa shape index (κ2) is 2.62. The molecule has 0 aliphatic heterocycles. The highest BCUT2D eigenvalue weighted by molar-refractivity contribution is 5.84. The SMILES string of the molecule is CC1(C)C[C@H]2C[C@@H]3CCC(=O)[C@@H]3[C@H]2C1. The minimum atomic E-state index is 0.488. The fourth-order valence-electron chi connectivity index (χ4n) is 4.61. The van der Waals surface area contributed by atoms with Gasteiger partial charge in [0.25, 0.3) is 0 Å². The number of ketones is 1. The molecule has 0 radical (unpaired) electrons. The summed E-state index contributed by atoms with van der Waals surface area (Å²) in [6.07, 6.45) is 6.14. The van der Waals surface area contributed by atoms with Crippen LogP contribution in [-0.4, -0.2) is 5.78 Å². The molecule has 78 valence electrons. The first-order chi connectivity index (χ1) is 6.57. The number of hydrogen-bond acceptors (Lipinski definition) is 1. The van der Waals surface area contributed by atoms with E-state index in [2.05, 4.69) is 13.8 Å². The summed E-state index contributed by atoms with van der Waals surface area (Å²) in [5, 5.41) is 0. The Morgan fingerprint density at radius 1 is 1.21 bits per heavy atom. The molecule has 3 aliphatic rings. The van der Waals surface area contributed by atoms with Gasteiger partial charge in [0.15, 0.2) is 0 Å². The molecule has 0 bridgehead atoms. The minimum Gasteiger partial charge on any atom is -0.299 e. The summed E-state index contributed by atoms with van der Waals surface area (Å²) >= 11 is 0. The number of hydrogen-bond donors (Lipinski definition) is 0. The van der Waals surface area contributed by atoms with E-state index in [0.717, 1.165) is 24.2 Å². The average Bonchev–Trinajstić information content (AvgIpc) is 2.61. The molecule has 0 unspecified atom stereocenters. The van der Waals surface area contributed by atoms with Crippen molar-refractivity contribution in [2.75, 3.05) is 0 Å². The summed E-state index contributed by atoms with van der Waals surface area (Å²) in [6, 6.07) is 0. The van der Waals surface area contributed by atoms with Crippen LogP contribution in [0.5, 0.6) is 0 Å². The van der Waals surface area contributed by atoms with Crippen LogP contribution in [0.25, 0.3) is 0 Å². The summed E-state index contributed by atoms with van der Waals surface area (Å²) in [4.78, 5) is 11.8. The van der Waals surface area contributed by atoms with Gasteiger partial charge >= 0.3 is 0 Å². The normalized spacial score (nSPS) is 49.4. The second-order valence-corrected chi connectivity index (χ2v) is 6.52. The maximum absolute atomic E-state index is 11.8.